The van der Waals surface area contributed by atoms with Crippen molar-refractivity contribution >= 4 is 17.7 Å². The van der Waals surface area contributed by atoms with Crippen molar-refractivity contribution in [1.29, 1.82) is 0 Å². The highest BCUT2D eigenvalue weighted by Crippen LogP contribution is 2.28. The van der Waals surface area contributed by atoms with E-state index in [0.717, 1.165) is 30.8 Å². The van der Waals surface area contributed by atoms with Gasteiger partial charge < -0.3 is 20.3 Å². The fraction of sp³-hybridized carbons (Fsp3) is 0.526. The average molecular weight is 372 g/mol. The van der Waals surface area contributed by atoms with E-state index in [4.69, 9.17) is 4.74 Å². The van der Waals surface area contributed by atoms with Crippen LogP contribution in [0.1, 0.15) is 34.3 Å². The molecule has 0 radical (unpaired) electrons. The molecule has 1 aromatic rings. The fourth-order valence-corrected chi connectivity index (χ4v) is 3.65. The zero-order chi connectivity index (χ0) is 18.8. The quantitative estimate of drug-likeness (QED) is 0.442. The van der Waals surface area contributed by atoms with Crippen molar-refractivity contribution in [3.63, 3.8) is 0 Å². The van der Waals surface area contributed by atoms with E-state index < -0.39 is 6.04 Å². The predicted octanol–water partition coefficient (Wildman–Crippen LogP) is -0.474. The van der Waals surface area contributed by atoms with Crippen LogP contribution in [0, 0.1) is 0 Å². The van der Waals surface area contributed by atoms with Crippen molar-refractivity contribution in [2.45, 2.75) is 38.1 Å². The molecule has 4 rings (SSSR count). The topological polar surface area (TPSA) is 99.8 Å². The number of imide groups is 1. The Morgan fingerprint density at radius 2 is 2.07 bits per heavy atom. The lowest BCUT2D eigenvalue weighted by Gasteiger charge is -2.29. The number of carbonyl (C=O) groups is 3. The van der Waals surface area contributed by atoms with Crippen molar-refractivity contribution in [2.24, 2.45) is 0 Å². The Balaban J connectivity index is 1.31. The second-order valence-corrected chi connectivity index (χ2v) is 7.22. The number of fused-ring (bicyclic) bond motifs is 1. The minimum Gasteiger partial charge on any atom is -0.374 e. The van der Waals surface area contributed by atoms with Crippen molar-refractivity contribution in [3.05, 3.63) is 34.9 Å². The Morgan fingerprint density at radius 1 is 1.22 bits per heavy atom. The number of carbonyl (C=O) groups excluding carboxylic acids is 3. The van der Waals surface area contributed by atoms with E-state index in [1.54, 1.807) is 4.90 Å². The van der Waals surface area contributed by atoms with Crippen molar-refractivity contribution in [1.82, 2.24) is 20.9 Å². The zero-order valence-electron chi connectivity index (χ0n) is 15.1. The number of amides is 3. The van der Waals surface area contributed by atoms with Gasteiger partial charge in [0.15, 0.2) is 0 Å². The summed E-state index contributed by atoms with van der Waals surface area (Å²) in [5.74, 6) is -0.788. The molecule has 3 aliphatic heterocycles. The predicted molar refractivity (Wildman–Crippen MR) is 96.8 cm³/mol. The number of nitrogens with one attached hydrogen (secondary N) is 3. The summed E-state index contributed by atoms with van der Waals surface area (Å²) in [4.78, 5) is 37.6. The first-order valence-corrected chi connectivity index (χ1v) is 9.41. The van der Waals surface area contributed by atoms with Crippen LogP contribution in [-0.4, -0.2) is 61.0 Å². The van der Waals surface area contributed by atoms with Crippen LogP contribution in [0.5, 0.6) is 0 Å². The molecule has 1 unspecified atom stereocenters. The SMILES string of the molecule is O=C1CCC(N2Cc3cc(CNCCOC4CNC4)ccc3C2=O)C(=O)N1. The Hall–Kier alpha value is -2.29. The highest BCUT2D eigenvalue weighted by molar-refractivity contribution is 6.05. The molecule has 3 heterocycles. The van der Waals surface area contributed by atoms with Gasteiger partial charge >= 0.3 is 0 Å². The number of hydrogen-bond acceptors (Lipinski definition) is 6. The van der Waals surface area contributed by atoms with Crippen LogP contribution in [0.25, 0.3) is 0 Å². The summed E-state index contributed by atoms with van der Waals surface area (Å²) in [6, 6.07) is 5.22. The molecule has 3 aliphatic rings. The number of hydrogen-bond donors (Lipinski definition) is 3. The Bertz CT molecular complexity index is 762. The molecule has 144 valence electrons. The van der Waals surface area contributed by atoms with Crippen LogP contribution in [0.4, 0.5) is 0 Å². The molecule has 8 heteroatoms. The standard InChI is InChI=1S/C19H24N4O4/c24-17-4-3-16(18(25)22-17)23-11-13-7-12(1-2-15(13)19(23)26)8-20-5-6-27-14-9-21-10-14/h1-2,7,14,16,20-21H,3-6,8-11H2,(H,22,24,25). The molecule has 0 bridgehead atoms. The molecule has 0 saturated carbocycles. The third kappa shape index (κ3) is 3.87. The van der Waals surface area contributed by atoms with E-state index in [-0.39, 0.29) is 24.1 Å². The number of rotatable bonds is 7. The molecule has 1 aromatic carbocycles. The van der Waals surface area contributed by atoms with E-state index in [1.165, 1.54) is 0 Å². The Morgan fingerprint density at radius 3 is 2.81 bits per heavy atom. The summed E-state index contributed by atoms with van der Waals surface area (Å²) in [7, 11) is 0. The lowest BCUT2D eigenvalue weighted by Crippen LogP contribution is -2.52. The molecule has 0 aliphatic carbocycles. The van der Waals surface area contributed by atoms with Crippen LogP contribution in [0.2, 0.25) is 0 Å². The zero-order valence-corrected chi connectivity index (χ0v) is 15.1. The second-order valence-electron chi connectivity index (χ2n) is 7.22. The van der Waals surface area contributed by atoms with Crippen LogP contribution in [0.3, 0.4) is 0 Å². The van der Waals surface area contributed by atoms with Gasteiger partial charge in [-0.3, -0.25) is 19.7 Å². The first-order chi connectivity index (χ1) is 13.1. The Labute approximate surface area is 157 Å². The van der Waals surface area contributed by atoms with Crippen LogP contribution < -0.4 is 16.0 Å². The molecular weight excluding hydrogens is 348 g/mol. The van der Waals surface area contributed by atoms with E-state index >= 15 is 0 Å². The molecule has 0 spiro atoms. The molecule has 8 nitrogen and oxygen atoms in total. The smallest absolute Gasteiger partial charge is 0.255 e. The number of benzene rings is 1. The normalized spacial score (nSPS) is 22.6. The van der Waals surface area contributed by atoms with Crippen molar-refractivity contribution in [3.8, 4) is 0 Å². The van der Waals surface area contributed by atoms with Crippen LogP contribution >= 0.6 is 0 Å². The molecule has 3 N–H and O–H groups in total. The summed E-state index contributed by atoms with van der Waals surface area (Å²) in [5, 5.41) is 8.84. The Kier molecular flexibility index (Phi) is 5.20. The van der Waals surface area contributed by atoms with Gasteiger partial charge in [0.05, 0.1) is 12.7 Å². The minimum absolute atomic E-state index is 0.137. The summed E-state index contributed by atoms with van der Waals surface area (Å²) < 4.78 is 5.66. The van der Waals surface area contributed by atoms with Crippen molar-refractivity contribution < 1.29 is 19.1 Å². The molecule has 27 heavy (non-hydrogen) atoms. The van der Waals surface area contributed by atoms with Gasteiger partial charge in [0.1, 0.15) is 6.04 Å². The molecule has 2 fully saturated rings. The molecule has 0 aromatic heterocycles. The lowest BCUT2D eigenvalue weighted by molar-refractivity contribution is -0.136. The van der Waals surface area contributed by atoms with Gasteiger partial charge in [-0.15, -0.1) is 0 Å². The second kappa shape index (κ2) is 7.75. The first kappa shape index (κ1) is 18.1. The van der Waals surface area contributed by atoms with Gasteiger partial charge in [-0.05, 0) is 23.6 Å². The van der Waals surface area contributed by atoms with Crippen molar-refractivity contribution in [2.75, 3.05) is 26.2 Å². The maximum Gasteiger partial charge on any atom is 0.255 e. The minimum atomic E-state index is -0.567. The van der Waals surface area contributed by atoms with Crippen LogP contribution in [-0.2, 0) is 27.4 Å². The van der Waals surface area contributed by atoms with E-state index in [1.807, 2.05) is 18.2 Å². The number of piperidine rings is 1. The van der Waals surface area contributed by atoms with Crippen LogP contribution in [0.15, 0.2) is 18.2 Å². The van der Waals surface area contributed by atoms with E-state index in [9.17, 15) is 14.4 Å². The number of nitrogens with zero attached hydrogens (tertiary/aromatic N) is 1. The summed E-state index contributed by atoms with van der Waals surface area (Å²) >= 11 is 0. The van der Waals surface area contributed by atoms with Gasteiger partial charge in [-0.25, -0.2) is 0 Å². The molecule has 2 saturated heterocycles. The highest BCUT2D eigenvalue weighted by atomic mass is 16.5. The maximum absolute atomic E-state index is 12.7. The highest BCUT2D eigenvalue weighted by Gasteiger charge is 2.38. The van der Waals surface area contributed by atoms with Gasteiger partial charge in [0.2, 0.25) is 11.8 Å². The van der Waals surface area contributed by atoms with E-state index in [2.05, 4.69) is 16.0 Å². The number of ether oxygens (including phenoxy) is 1. The molecule has 1 atom stereocenters. The largest absolute Gasteiger partial charge is 0.374 e. The monoisotopic (exact) mass is 372 g/mol. The summed E-state index contributed by atoms with van der Waals surface area (Å²) in [6.45, 7) is 4.43. The third-order valence-corrected chi connectivity index (χ3v) is 5.29. The van der Waals surface area contributed by atoms with Gasteiger partial charge in [-0.2, -0.15) is 0 Å². The average Bonchev–Trinajstić information content (AvgIpc) is 2.92. The fourth-order valence-electron chi connectivity index (χ4n) is 3.65. The van der Waals surface area contributed by atoms with Gasteiger partial charge in [0.25, 0.3) is 5.91 Å². The lowest BCUT2D eigenvalue weighted by atomic mass is 10.0. The molecule has 3 amide bonds. The first-order valence-electron chi connectivity index (χ1n) is 9.41. The third-order valence-electron chi connectivity index (χ3n) is 5.29. The molecular formula is C19H24N4O4. The van der Waals surface area contributed by atoms with Gasteiger partial charge in [-0.1, -0.05) is 12.1 Å². The van der Waals surface area contributed by atoms with E-state index in [0.29, 0.717) is 37.8 Å². The summed E-state index contributed by atoms with van der Waals surface area (Å²) in [5.41, 5.74) is 2.67. The van der Waals surface area contributed by atoms with Gasteiger partial charge in [0, 0.05) is 44.7 Å². The summed E-state index contributed by atoms with van der Waals surface area (Å²) in [6.07, 6.45) is 0.996. The maximum atomic E-state index is 12.7.